The first-order valence-corrected chi connectivity index (χ1v) is 12.5. The number of rotatable bonds is 8. The highest BCUT2D eigenvalue weighted by Crippen LogP contribution is 2.34. The molecular formula is C27H33ClN2O3. The highest BCUT2D eigenvalue weighted by atomic mass is 35.5. The first-order chi connectivity index (χ1) is 16.1. The minimum absolute atomic E-state index is 0.0107. The van der Waals surface area contributed by atoms with Crippen molar-refractivity contribution >= 4 is 23.4 Å². The molecule has 6 heteroatoms. The number of ether oxygens (including phenoxy) is 1. The first kappa shape index (κ1) is 23.6. The van der Waals surface area contributed by atoms with E-state index in [2.05, 4.69) is 6.92 Å². The average Bonchev–Trinajstić information content (AvgIpc) is 2.84. The highest BCUT2D eigenvalue weighted by molar-refractivity contribution is 6.30. The van der Waals surface area contributed by atoms with Gasteiger partial charge in [0.05, 0.1) is 6.61 Å². The van der Waals surface area contributed by atoms with Crippen LogP contribution in [0.1, 0.15) is 69.0 Å². The number of unbranched alkanes of at least 4 members (excludes halogenated alkanes) is 1. The van der Waals surface area contributed by atoms with Crippen molar-refractivity contribution in [2.75, 3.05) is 13.2 Å². The van der Waals surface area contributed by atoms with Crippen LogP contribution < -0.4 is 4.74 Å². The first-order valence-electron chi connectivity index (χ1n) is 12.1. The fraction of sp³-hybridized carbons (Fsp3) is 0.481. The van der Waals surface area contributed by atoms with Gasteiger partial charge in [0, 0.05) is 17.6 Å². The molecule has 1 aliphatic carbocycles. The Hall–Kier alpha value is -2.53. The van der Waals surface area contributed by atoms with Crippen molar-refractivity contribution in [3.63, 3.8) is 0 Å². The molecule has 0 radical (unpaired) electrons. The molecule has 1 atom stereocenters. The van der Waals surface area contributed by atoms with Crippen molar-refractivity contribution in [1.29, 1.82) is 0 Å². The summed E-state index contributed by atoms with van der Waals surface area (Å²) in [6.07, 6.45) is 7.48. The van der Waals surface area contributed by atoms with Crippen LogP contribution in [0.25, 0.3) is 0 Å². The van der Waals surface area contributed by atoms with Crippen LogP contribution in [0.4, 0.5) is 0 Å². The summed E-state index contributed by atoms with van der Waals surface area (Å²) in [5.74, 6) is 0.800. The number of halogens is 1. The summed E-state index contributed by atoms with van der Waals surface area (Å²) in [5, 5.41) is 0.651. The van der Waals surface area contributed by atoms with Gasteiger partial charge in [0.15, 0.2) is 0 Å². The van der Waals surface area contributed by atoms with E-state index in [4.69, 9.17) is 16.3 Å². The van der Waals surface area contributed by atoms with Gasteiger partial charge in [-0.25, -0.2) is 0 Å². The predicted octanol–water partition coefficient (Wildman–Crippen LogP) is 5.76. The van der Waals surface area contributed by atoms with E-state index in [9.17, 15) is 9.59 Å². The number of amides is 2. The fourth-order valence-electron chi connectivity index (χ4n) is 4.82. The third-order valence-electron chi connectivity index (χ3n) is 6.70. The topological polar surface area (TPSA) is 49.9 Å². The zero-order chi connectivity index (χ0) is 23.2. The predicted molar refractivity (Wildman–Crippen MR) is 130 cm³/mol. The van der Waals surface area contributed by atoms with E-state index in [0.717, 1.165) is 55.4 Å². The van der Waals surface area contributed by atoms with Crippen LogP contribution in [0.2, 0.25) is 5.02 Å². The van der Waals surface area contributed by atoms with Crippen LogP contribution in [0, 0.1) is 0 Å². The second-order valence-electron chi connectivity index (χ2n) is 9.08. The van der Waals surface area contributed by atoms with Crippen molar-refractivity contribution < 1.29 is 14.3 Å². The van der Waals surface area contributed by atoms with Gasteiger partial charge in [-0.15, -0.1) is 0 Å². The van der Waals surface area contributed by atoms with Crippen molar-refractivity contribution in [2.45, 2.75) is 70.5 Å². The monoisotopic (exact) mass is 468 g/mol. The Bertz CT molecular complexity index is 939. The summed E-state index contributed by atoms with van der Waals surface area (Å²) in [7, 11) is 0. The molecule has 2 aromatic carbocycles. The van der Waals surface area contributed by atoms with Gasteiger partial charge in [0.1, 0.15) is 18.3 Å². The molecule has 0 unspecified atom stereocenters. The van der Waals surface area contributed by atoms with Gasteiger partial charge in [-0.3, -0.25) is 9.59 Å². The van der Waals surface area contributed by atoms with E-state index >= 15 is 0 Å². The standard InChI is InChI=1S/C27H33ClN2O3/c1-2-3-17-33-24-15-11-21(12-16-24)26-27(32)29(23-7-5-4-6-8-23)19-25(31)30(26)18-20-9-13-22(28)14-10-20/h9-16,23,26H,2-8,17-19H2,1H3/t26-/m1/s1. The van der Waals surface area contributed by atoms with Gasteiger partial charge >= 0.3 is 0 Å². The van der Waals surface area contributed by atoms with E-state index in [1.807, 2.05) is 53.4 Å². The van der Waals surface area contributed by atoms with Crippen LogP contribution in [-0.4, -0.2) is 40.8 Å². The molecule has 2 aromatic rings. The van der Waals surface area contributed by atoms with Gasteiger partial charge in [-0.05, 0) is 54.7 Å². The number of benzene rings is 2. The SMILES string of the molecule is CCCCOc1ccc([C@@H]2C(=O)N(C3CCCCC3)CC(=O)N2Cc2ccc(Cl)cc2)cc1. The van der Waals surface area contributed by atoms with Crippen molar-refractivity contribution in [1.82, 2.24) is 9.80 Å². The van der Waals surface area contributed by atoms with Crippen molar-refractivity contribution in [3.05, 3.63) is 64.7 Å². The molecule has 1 saturated carbocycles. The Labute approximate surface area is 201 Å². The number of hydrogen-bond donors (Lipinski definition) is 0. The Morgan fingerprint density at radius 2 is 1.67 bits per heavy atom. The molecule has 2 fully saturated rings. The maximum absolute atomic E-state index is 13.8. The molecule has 1 saturated heterocycles. The van der Waals surface area contributed by atoms with Crippen LogP contribution >= 0.6 is 11.6 Å². The second-order valence-corrected chi connectivity index (χ2v) is 9.52. The van der Waals surface area contributed by atoms with Crippen molar-refractivity contribution in [2.24, 2.45) is 0 Å². The number of carbonyl (C=O) groups excluding carboxylic acids is 2. The Morgan fingerprint density at radius 1 is 0.970 bits per heavy atom. The Kier molecular flexibility index (Phi) is 7.92. The molecule has 33 heavy (non-hydrogen) atoms. The number of piperazine rings is 1. The lowest BCUT2D eigenvalue weighted by Gasteiger charge is -2.44. The summed E-state index contributed by atoms with van der Waals surface area (Å²) >= 11 is 6.04. The maximum atomic E-state index is 13.8. The van der Waals surface area contributed by atoms with E-state index in [-0.39, 0.29) is 24.4 Å². The maximum Gasteiger partial charge on any atom is 0.250 e. The molecule has 0 N–H and O–H groups in total. The third kappa shape index (κ3) is 5.70. The van der Waals surface area contributed by atoms with E-state index < -0.39 is 6.04 Å². The van der Waals surface area contributed by atoms with Gasteiger partial charge in [-0.1, -0.05) is 68.5 Å². The minimum Gasteiger partial charge on any atom is -0.494 e. The minimum atomic E-state index is -0.631. The number of nitrogens with zero attached hydrogens (tertiary/aromatic N) is 2. The Morgan fingerprint density at radius 3 is 2.33 bits per heavy atom. The zero-order valence-corrected chi connectivity index (χ0v) is 20.1. The second kappa shape index (κ2) is 11.1. The molecule has 1 heterocycles. The summed E-state index contributed by atoms with van der Waals surface area (Å²) in [6, 6.07) is 14.7. The van der Waals surface area contributed by atoms with Crippen LogP contribution in [0.3, 0.4) is 0 Å². The summed E-state index contributed by atoms with van der Waals surface area (Å²) in [5.41, 5.74) is 1.78. The molecule has 2 aliphatic rings. The lowest BCUT2D eigenvalue weighted by molar-refractivity contribution is -0.160. The van der Waals surface area contributed by atoms with Crippen LogP contribution in [0.5, 0.6) is 5.75 Å². The van der Waals surface area contributed by atoms with Crippen LogP contribution in [-0.2, 0) is 16.1 Å². The zero-order valence-electron chi connectivity index (χ0n) is 19.3. The molecule has 0 spiro atoms. The largest absolute Gasteiger partial charge is 0.494 e. The fourth-order valence-corrected chi connectivity index (χ4v) is 4.95. The third-order valence-corrected chi connectivity index (χ3v) is 6.95. The molecule has 0 aromatic heterocycles. The highest BCUT2D eigenvalue weighted by Gasteiger charge is 2.42. The van der Waals surface area contributed by atoms with Crippen molar-refractivity contribution in [3.8, 4) is 5.75 Å². The average molecular weight is 469 g/mol. The molecule has 0 bridgehead atoms. The van der Waals surface area contributed by atoms with Gasteiger partial charge in [0.2, 0.25) is 5.91 Å². The smallest absolute Gasteiger partial charge is 0.250 e. The molecule has 1 aliphatic heterocycles. The van der Waals surface area contributed by atoms with E-state index in [1.165, 1.54) is 6.42 Å². The van der Waals surface area contributed by atoms with Crippen LogP contribution in [0.15, 0.2) is 48.5 Å². The van der Waals surface area contributed by atoms with Gasteiger partial charge in [-0.2, -0.15) is 0 Å². The summed E-state index contributed by atoms with van der Waals surface area (Å²) < 4.78 is 5.80. The lowest BCUT2D eigenvalue weighted by Crippen LogP contribution is -2.58. The summed E-state index contributed by atoms with van der Waals surface area (Å²) in [4.78, 5) is 30.7. The summed E-state index contributed by atoms with van der Waals surface area (Å²) in [6.45, 7) is 3.34. The molecular weight excluding hydrogens is 436 g/mol. The van der Waals surface area contributed by atoms with E-state index in [0.29, 0.717) is 18.2 Å². The normalized spacial score (nSPS) is 19.8. The molecule has 5 nitrogen and oxygen atoms in total. The van der Waals surface area contributed by atoms with E-state index in [1.54, 1.807) is 4.90 Å². The molecule has 176 valence electrons. The molecule has 4 rings (SSSR count). The quantitative estimate of drug-likeness (QED) is 0.462. The molecule has 2 amide bonds. The number of carbonyl (C=O) groups is 2. The lowest BCUT2D eigenvalue weighted by atomic mass is 9.91. The van der Waals surface area contributed by atoms with Gasteiger partial charge < -0.3 is 14.5 Å². The number of hydrogen-bond acceptors (Lipinski definition) is 3. The van der Waals surface area contributed by atoms with Gasteiger partial charge in [0.25, 0.3) is 5.91 Å². The Balaban J connectivity index is 1.60.